The van der Waals surface area contributed by atoms with E-state index >= 15 is 0 Å². The van der Waals surface area contributed by atoms with Crippen LogP contribution in [0.15, 0.2) is 0 Å². The SMILES string of the molecule is [2H]C(=O)OCC(C)(C)SC. The maximum absolute atomic E-state index is 10.0. The lowest BCUT2D eigenvalue weighted by atomic mass is 10.2. The Balaban J connectivity index is 3.56. The fraction of sp³-hybridized carbons (Fsp3) is 0.833. The first-order valence-corrected chi connectivity index (χ1v) is 3.89. The summed E-state index contributed by atoms with van der Waals surface area (Å²) in [5, 5.41) is 0. The molecule has 0 saturated carbocycles. The van der Waals surface area contributed by atoms with E-state index in [0.29, 0.717) is 6.61 Å². The zero-order chi connectivity index (χ0) is 8.20. The van der Waals surface area contributed by atoms with Gasteiger partial charge in [-0.1, -0.05) is 0 Å². The summed E-state index contributed by atoms with van der Waals surface area (Å²) in [6, 6.07) is 0. The summed E-state index contributed by atoms with van der Waals surface area (Å²) in [5.74, 6) is 0. The van der Waals surface area contributed by atoms with Gasteiger partial charge in [-0.15, -0.1) is 0 Å². The van der Waals surface area contributed by atoms with E-state index in [2.05, 4.69) is 4.74 Å². The Labute approximate surface area is 61.4 Å². The first-order chi connectivity index (χ1) is 4.48. The minimum atomic E-state index is -0.956. The maximum atomic E-state index is 10.0. The van der Waals surface area contributed by atoms with Crippen LogP contribution in [-0.4, -0.2) is 24.1 Å². The first kappa shape index (κ1) is 6.93. The fourth-order valence-electron chi connectivity index (χ4n) is 0.262. The highest BCUT2D eigenvalue weighted by atomic mass is 32.2. The maximum Gasteiger partial charge on any atom is 0.293 e. The molecule has 9 heavy (non-hydrogen) atoms. The van der Waals surface area contributed by atoms with E-state index in [0.717, 1.165) is 0 Å². The second kappa shape index (κ2) is 3.77. The molecule has 0 rings (SSSR count). The number of carbonyl (C=O) groups excluding carboxylic acids is 1. The molecule has 2 nitrogen and oxygen atoms in total. The van der Waals surface area contributed by atoms with E-state index in [1.54, 1.807) is 11.8 Å². The second-order valence-corrected chi connectivity index (χ2v) is 3.85. The lowest BCUT2D eigenvalue weighted by Gasteiger charge is -2.19. The number of hydrogen-bond donors (Lipinski definition) is 0. The molecule has 0 aliphatic rings. The minimum Gasteiger partial charge on any atom is -0.466 e. The van der Waals surface area contributed by atoms with E-state index in [1.807, 2.05) is 20.1 Å². The smallest absolute Gasteiger partial charge is 0.293 e. The quantitative estimate of drug-likeness (QED) is 0.566. The van der Waals surface area contributed by atoms with Gasteiger partial charge in [0.25, 0.3) is 6.45 Å². The Hall–Kier alpha value is -0.180. The molecule has 0 aromatic carbocycles. The van der Waals surface area contributed by atoms with Crippen LogP contribution in [-0.2, 0) is 9.53 Å². The zero-order valence-corrected chi connectivity index (χ0v) is 6.75. The molecule has 0 radical (unpaired) electrons. The zero-order valence-electron chi connectivity index (χ0n) is 6.93. The molecule has 54 valence electrons. The van der Waals surface area contributed by atoms with Crippen LogP contribution in [0.4, 0.5) is 0 Å². The molecule has 0 aliphatic carbocycles. The summed E-state index contributed by atoms with van der Waals surface area (Å²) in [4.78, 5) is 10.0. The molecule has 0 unspecified atom stereocenters. The van der Waals surface area contributed by atoms with Crippen LogP contribution in [0.3, 0.4) is 0 Å². The van der Waals surface area contributed by atoms with Gasteiger partial charge in [0.05, 0.1) is 0 Å². The number of rotatable bonds is 3. The summed E-state index contributed by atoms with van der Waals surface area (Å²) in [6.45, 7) is 4.22. The van der Waals surface area contributed by atoms with Crippen LogP contribution in [0.5, 0.6) is 0 Å². The number of thioether (sulfide) groups is 1. The molecule has 0 spiro atoms. The van der Waals surface area contributed by atoms with Crippen molar-refractivity contribution < 1.29 is 10.9 Å². The van der Waals surface area contributed by atoms with Crippen molar-refractivity contribution in [3.05, 3.63) is 0 Å². The Morgan fingerprint density at radius 1 is 1.89 bits per heavy atom. The molecule has 0 aromatic rings. The number of carbonyl (C=O) groups is 1. The predicted molar refractivity (Wildman–Crippen MR) is 39.6 cm³/mol. The van der Waals surface area contributed by atoms with Crippen LogP contribution < -0.4 is 0 Å². The molecule has 0 fully saturated rings. The largest absolute Gasteiger partial charge is 0.466 e. The van der Waals surface area contributed by atoms with Crippen LogP contribution >= 0.6 is 11.8 Å². The predicted octanol–water partition coefficient (Wildman–Crippen LogP) is 1.30. The monoisotopic (exact) mass is 149 g/mol. The van der Waals surface area contributed by atoms with Crippen molar-refractivity contribution in [1.82, 2.24) is 0 Å². The molecule has 0 saturated heterocycles. The third-order valence-corrected chi connectivity index (χ3v) is 2.25. The Bertz CT molecular complexity index is 125. The van der Waals surface area contributed by atoms with Gasteiger partial charge in [-0.25, -0.2) is 0 Å². The molecule has 0 bridgehead atoms. The highest BCUT2D eigenvalue weighted by Crippen LogP contribution is 2.20. The van der Waals surface area contributed by atoms with Crippen molar-refractivity contribution in [2.75, 3.05) is 12.9 Å². The highest BCUT2D eigenvalue weighted by Gasteiger charge is 2.15. The lowest BCUT2D eigenvalue weighted by molar-refractivity contribution is -0.129. The first-order valence-electron chi connectivity index (χ1n) is 3.16. The summed E-state index contributed by atoms with van der Waals surface area (Å²) in [7, 11) is 0. The van der Waals surface area contributed by atoms with Crippen molar-refractivity contribution in [3.8, 4) is 0 Å². The van der Waals surface area contributed by atoms with Gasteiger partial charge >= 0.3 is 0 Å². The van der Waals surface area contributed by atoms with Gasteiger partial charge in [0, 0.05) is 4.75 Å². The molecule has 0 amide bonds. The van der Waals surface area contributed by atoms with Crippen molar-refractivity contribution >= 4 is 18.2 Å². The van der Waals surface area contributed by atoms with Gasteiger partial charge in [-0.2, -0.15) is 11.8 Å². The third kappa shape index (κ3) is 4.33. The van der Waals surface area contributed by atoms with Gasteiger partial charge in [-0.05, 0) is 20.1 Å². The van der Waals surface area contributed by atoms with E-state index in [4.69, 9.17) is 1.37 Å². The van der Waals surface area contributed by atoms with E-state index < -0.39 is 6.45 Å². The van der Waals surface area contributed by atoms with Crippen LogP contribution in [0.25, 0.3) is 0 Å². The standard InChI is InChI=1S/C6H12O2S/c1-6(2,9-3)4-8-5-7/h5H,4H2,1-3H3/i5D. The summed E-state index contributed by atoms with van der Waals surface area (Å²) in [6.07, 6.45) is 0.986. The third-order valence-electron chi connectivity index (χ3n) is 1.03. The number of ether oxygens (including phenoxy) is 1. The molecule has 0 atom stereocenters. The van der Waals surface area contributed by atoms with Crippen LogP contribution in [0, 0.1) is 0 Å². The van der Waals surface area contributed by atoms with Crippen molar-refractivity contribution in [2.24, 2.45) is 0 Å². The van der Waals surface area contributed by atoms with E-state index in [9.17, 15) is 4.79 Å². The summed E-state index contributed by atoms with van der Waals surface area (Å²) < 4.78 is 10.9. The topological polar surface area (TPSA) is 26.3 Å². The number of hydrogen-bond acceptors (Lipinski definition) is 3. The van der Waals surface area contributed by atoms with Gasteiger partial charge in [0.1, 0.15) is 6.61 Å². The van der Waals surface area contributed by atoms with Crippen LogP contribution in [0.1, 0.15) is 15.2 Å². The average molecular weight is 149 g/mol. The Morgan fingerprint density at radius 2 is 2.44 bits per heavy atom. The molecule has 0 N–H and O–H groups in total. The van der Waals surface area contributed by atoms with Gasteiger partial charge in [0.15, 0.2) is 1.37 Å². The highest BCUT2D eigenvalue weighted by molar-refractivity contribution is 7.99. The Morgan fingerprint density at radius 3 is 2.78 bits per heavy atom. The molecular formula is C6H12O2S. The molecular weight excluding hydrogens is 136 g/mol. The molecule has 0 aliphatic heterocycles. The normalized spacial score (nSPS) is 12.6. The molecule has 3 heteroatoms. The second-order valence-electron chi connectivity index (χ2n) is 2.34. The van der Waals surface area contributed by atoms with Crippen molar-refractivity contribution in [2.45, 2.75) is 18.6 Å². The van der Waals surface area contributed by atoms with Gasteiger partial charge in [-0.3, -0.25) is 4.79 Å². The fourth-order valence-corrected chi connectivity index (χ4v) is 0.439. The summed E-state index contributed by atoms with van der Waals surface area (Å²) >= 11 is 1.61. The lowest BCUT2D eigenvalue weighted by Crippen LogP contribution is -2.21. The van der Waals surface area contributed by atoms with E-state index in [-0.39, 0.29) is 4.75 Å². The molecule has 0 heterocycles. The van der Waals surface area contributed by atoms with Crippen molar-refractivity contribution in [1.29, 1.82) is 0 Å². The van der Waals surface area contributed by atoms with Crippen molar-refractivity contribution in [3.63, 3.8) is 0 Å². The van der Waals surface area contributed by atoms with Gasteiger partial charge < -0.3 is 4.74 Å². The Kier molecular flexibility index (Phi) is 2.91. The summed E-state index contributed by atoms with van der Waals surface area (Å²) in [5.41, 5.74) is 0. The van der Waals surface area contributed by atoms with E-state index in [1.165, 1.54) is 0 Å². The molecule has 0 aromatic heterocycles. The van der Waals surface area contributed by atoms with Gasteiger partial charge in [0.2, 0.25) is 0 Å². The minimum absolute atomic E-state index is 0.0727. The average Bonchev–Trinajstić information content (AvgIpc) is 1.85. The van der Waals surface area contributed by atoms with Crippen LogP contribution in [0.2, 0.25) is 0 Å².